The zero-order valence-corrected chi connectivity index (χ0v) is 27.3. The average Bonchev–Trinajstić information content (AvgIpc) is 3.59. The molecule has 11 aromatic rings. The van der Waals surface area contributed by atoms with E-state index < -0.39 is 0 Å². The van der Waals surface area contributed by atoms with Gasteiger partial charge in [-0.05, 0) is 46.5 Å². The molecule has 4 heterocycles. The van der Waals surface area contributed by atoms with E-state index in [0.717, 1.165) is 110 Å². The average molecular weight is 650 g/mol. The monoisotopic (exact) mass is 649 g/mol. The summed E-state index contributed by atoms with van der Waals surface area (Å²) in [6, 6.07) is 57.1. The van der Waals surface area contributed by atoms with Crippen LogP contribution < -0.4 is 0 Å². The van der Waals surface area contributed by atoms with Crippen molar-refractivity contribution in [2.24, 2.45) is 0 Å². The zero-order chi connectivity index (χ0) is 33.5. The normalized spacial score (nSPS) is 11.9. The number of hydrogen-bond donors (Lipinski definition) is 0. The van der Waals surface area contributed by atoms with E-state index in [1.54, 1.807) is 0 Å². The van der Waals surface area contributed by atoms with E-state index in [9.17, 15) is 0 Å². The Bertz CT molecular complexity index is 3200. The number of fused-ring (bicyclic) bond motifs is 11. The minimum absolute atomic E-state index is 0.879. The molecule has 0 fully saturated rings. The summed E-state index contributed by atoms with van der Waals surface area (Å²) < 4.78 is 6.49. The van der Waals surface area contributed by atoms with Crippen LogP contribution in [0.15, 0.2) is 168 Å². The first-order chi connectivity index (χ1) is 25.3. The van der Waals surface area contributed by atoms with Crippen LogP contribution in [0.25, 0.3) is 110 Å². The van der Waals surface area contributed by atoms with E-state index in [2.05, 4.69) is 133 Å². The highest BCUT2D eigenvalue weighted by molar-refractivity contribution is 6.24. The van der Waals surface area contributed by atoms with Gasteiger partial charge in [0.05, 0.1) is 39.0 Å². The van der Waals surface area contributed by atoms with Crippen LogP contribution >= 0.6 is 0 Å². The van der Waals surface area contributed by atoms with E-state index in [4.69, 9.17) is 19.4 Å². The Morgan fingerprint density at radius 1 is 0.373 bits per heavy atom. The van der Waals surface area contributed by atoms with E-state index in [0.29, 0.717) is 0 Å². The van der Waals surface area contributed by atoms with Crippen LogP contribution in [0.2, 0.25) is 0 Å². The molecule has 0 saturated heterocycles. The SMILES string of the molecule is c1ccc(-c2ccc3ccc4ccc(-c5ccc(-c6nc7ccc8c9ccccc9oc8c7c7ccccc67)c6ccccc56)nc4c3n2)cc1. The lowest BCUT2D eigenvalue weighted by Gasteiger charge is -2.15. The smallest absolute Gasteiger partial charge is 0.145 e. The summed E-state index contributed by atoms with van der Waals surface area (Å²) in [5, 5.41) is 9.87. The number of benzene rings is 7. The molecule has 0 spiro atoms. The van der Waals surface area contributed by atoms with Crippen LogP contribution in [0.4, 0.5) is 0 Å². The summed E-state index contributed by atoms with van der Waals surface area (Å²) in [6.07, 6.45) is 0. The van der Waals surface area contributed by atoms with Gasteiger partial charge in [-0.25, -0.2) is 15.0 Å². The summed E-state index contributed by atoms with van der Waals surface area (Å²) in [5.74, 6) is 0. The molecule has 51 heavy (non-hydrogen) atoms. The van der Waals surface area contributed by atoms with Gasteiger partial charge in [0, 0.05) is 43.6 Å². The number of nitrogens with zero attached hydrogens (tertiary/aromatic N) is 3. The number of furan rings is 1. The van der Waals surface area contributed by atoms with E-state index in [-0.39, 0.29) is 0 Å². The molecule has 0 atom stereocenters. The minimum atomic E-state index is 0.879. The first kappa shape index (κ1) is 28.0. The minimum Gasteiger partial charge on any atom is -0.455 e. The van der Waals surface area contributed by atoms with Crippen molar-refractivity contribution in [2.45, 2.75) is 0 Å². The molecule has 11 rings (SSSR count). The fraction of sp³-hybridized carbons (Fsp3) is 0. The van der Waals surface area contributed by atoms with Gasteiger partial charge in [0.1, 0.15) is 11.2 Å². The molecule has 0 aliphatic carbocycles. The second-order valence-electron chi connectivity index (χ2n) is 13.1. The summed E-state index contributed by atoms with van der Waals surface area (Å²) in [5.41, 5.74) is 10.5. The molecule has 0 radical (unpaired) electrons. The first-order valence-electron chi connectivity index (χ1n) is 17.2. The van der Waals surface area contributed by atoms with E-state index >= 15 is 0 Å². The molecule has 4 heteroatoms. The predicted octanol–water partition coefficient (Wildman–Crippen LogP) is 12.5. The molecule has 0 aliphatic heterocycles. The Balaban J connectivity index is 1.12. The van der Waals surface area contributed by atoms with Crippen molar-refractivity contribution in [1.82, 2.24) is 15.0 Å². The van der Waals surface area contributed by atoms with E-state index in [1.165, 1.54) is 0 Å². The van der Waals surface area contributed by atoms with E-state index in [1.807, 2.05) is 30.3 Å². The molecule has 0 amide bonds. The molecule has 0 aliphatic rings. The number of para-hydroxylation sites is 1. The van der Waals surface area contributed by atoms with Crippen molar-refractivity contribution < 1.29 is 4.42 Å². The van der Waals surface area contributed by atoms with Crippen molar-refractivity contribution in [2.75, 3.05) is 0 Å². The lowest BCUT2D eigenvalue weighted by molar-refractivity contribution is 0.673. The zero-order valence-electron chi connectivity index (χ0n) is 27.3. The fourth-order valence-corrected chi connectivity index (χ4v) is 7.84. The Labute approximate surface area is 292 Å². The maximum atomic E-state index is 6.49. The fourth-order valence-electron chi connectivity index (χ4n) is 7.84. The number of hydrogen-bond acceptors (Lipinski definition) is 4. The van der Waals surface area contributed by atoms with Crippen LogP contribution in [-0.4, -0.2) is 15.0 Å². The summed E-state index contributed by atoms with van der Waals surface area (Å²) in [6.45, 7) is 0. The van der Waals surface area contributed by atoms with Crippen molar-refractivity contribution in [1.29, 1.82) is 0 Å². The second-order valence-corrected chi connectivity index (χ2v) is 13.1. The van der Waals surface area contributed by atoms with Gasteiger partial charge >= 0.3 is 0 Å². The number of rotatable bonds is 3. The molecule has 236 valence electrons. The highest BCUT2D eigenvalue weighted by Gasteiger charge is 2.19. The molecular formula is C47H27N3O. The lowest BCUT2D eigenvalue weighted by Crippen LogP contribution is -1.94. The van der Waals surface area contributed by atoms with Gasteiger partial charge in [-0.15, -0.1) is 0 Å². The third-order valence-corrected chi connectivity index (χ3v) is 10.3. The molecule has 0 N–H and O–H groups in total. The van der Waals surface area contributed by atoms with Gasteiger partial charge in [-0.1, -0.05) is 133 Å². The Hall–Kier alpha value is -6.91. The van der Waals surface area contributed by atoms with Crippen LogP contribution in [0, 0.1) is 0 Å². The van der Waals surface area contributed by atoms with Crippen LogP contribution in [-0.2, 0) is 0 Å². The summed E-state index contributed by atoms with van der Waals surface area (Å²) in [7, 11) is 0. The number of aromatic nitrogens is 3. The maximum Gasteiger partial charge on any atom is 0.145 e. The first-order valence-corrected chi connectivity index (χ1v) is 17.2. The van der Waals surface area contributed by atoms with Crippen molar-refractivity contribution in [3.05, 3.63) is 164 Å². The predicted molar refractivity (Wildman–Crippen MR) is 211 cm³/mol. The van der Waals surface area contributed by atoms with Crippen molar-refractivity contribution in [3.8, 4) is 33.8 Å². The molecule has 0 bridgehead atoms. The van der Waals surface area contributed by atoms with Crippen LogP contribution in [0.5, 0.6) is 0 Å². The van der Waals surface area contributed by atoms with Gasteiger partial charge in [-0.3, -0.25) is 0 Å². The summed E-state index contributed by atoms with van der Waals surface area (Å²) >= 11 is 0. The summed E-state index contributed by atoms with van der Waals surface area (Å²) in [4.78, 5) is 15.8. The van der Waals surface area contributed by atoms with Gasteiger partial charge in [-0.2, -0.15) is 0 Å². The van der Waals surface area contributed by atoms with Gasteiger partial charge in [0.2, 0.25) is 0 Å². The largest absolute Gasteiger partial charge is 0.455 e. The standard InChI is InChI=1S/C47H27N3O/c1-2-10-28(11-3-1)39-25-20-29-18-19-30-21-26-40(49-45(30)44(29)48-39)33-22-23-37(32-13-5-4-12-31(32)33)46-36-16-7-6-15-35(36)43-41(50-46)27-24-38-34-14-8-9-17-42(34)51-47(38)43/h1-27H. The lowest BCUT2D eigenvalue weighted by atomic mass is 9.92. The highest BCUT2D eigenvalue weighted by atomic mass is 16.3. The maximum absolute atomic E-state index is 6.49. The van der Waals surface area contributed by atoms with Gasteiger partial charge in [0.25, 0.3) is 0 Å². The van der Waals surface area contributed by atoms with Crippen LogP contribution in [0.3, 0.4) is 0 Å². The van der Waals surface area contributed by atoms with Crippen molar-refractivity contribution >= 4 is 76.2 Å². The van der Waals surface area contributed by atoms with Crippen molar-refractivity contribution in [3.63, 3.8) is 0 Å². The topological polar surface area (TPSA) is 51.8 Å². The Morgan fingerprint density at radius 2 is 0.961 bits per heavy atom. The molecule has 4 nitrogen and oxygen atoms in total. The third-order valence-electron chi connectivity index (χ3n) is 10.3. The highest BCUT2D eigenvalue weighted by Crippen LogP contribution is 2.42. The van der Waals surface area contributed by atoms with Gasteiger partial charge in [0.15, 0.2) is 0 Å². The molecule has 0 saturated carbocycles. The quantitative estimate of drug-likeness (QED) is 0.179. The second kappa shape index (κ2) is 10.8. The molecule has 4 aromatic heterocycles. The Morgan fingerprint density at radius 3 is 1.75 bits per heavy atom. The molecular weight excluding hydrogens is 623 g/mol. The molecule has 7 aromatic carbocycles. The molecule has 0 unspecified atom stereocenters. The third kappa shape index (κ3) is 4.23. The van der Waals surface area contributed by atoms with Crippen LogP contribution in [0.1, 0.15) is 0 Å². The Kier molecular flexibility index (Phi) is 5.92. The number of pyridine rings is 3. The van der Waals surface area contributed by atoms with Gasteiger partial charge < -0.3 is 4.42 Å².